The second-order valence-electron chi connectivity index (χ2n) is 36.3. The smallest absolute Gasteiger partial charge is 0.315 e. The van der Waals surface area contributed by atoms with Crippen molar-refractivity contribution in [2.24, 2.45) is 0 Å². The van der Waals surface area contributed by atoms with Gasteiger partial charge in [0.15, 0.2) is 22.4 Å². The van der Waals surface area contributed by atoms with Crippen molar-refractivity contribution >= 4 is 62.8 Å². The van der Waals surface area contributed by atoms with E-state index in [0.717, 1.165) is 76.7 Å². The molecule has 134 heavy (non-hydrogen) atoms. The minimum Gasteiger partial charge on any atom is -0.497 e. The van der Waals surface area contributed by atoms with Crippen LogP contribution in [0.4, 0.5) is 8.78 Å². The second-order valence-corrected chi connectivity index (χ2v) is 38.9. The van der Waals surface area contributed by atoms with Crippen LogP contribution in [0.5, 0.6) is 34.5 Å². The van der Waals surface area contributed by atoms with Crippen molar-refractivity contribution < 1.29 is 80.9 Å². The van der Waals surface area contributed by atoms with Crippen LogP contribution in [-0.2, 0) is 58.9 Å². The first kappa shape index (κ1) is 92.7. The number of hydrogen-bond acceptors (Lipinski definition) is 16. The van der Waals surface area contributed by atoms with Crippen LogP contribution in [0.25, 0.3) is 22.7 Å². The molecule has 25 nitrogen and oxygen atoms in total. The van der Waals surface area contributed by atoms with E-state index < -0.39 is 49.4 Å². The van der Waals surface area contributed by atoms with Gasteiger partial charge >= 0.3 is 5.97 Å². The topological polar surface area (TPSA) is 273 Å². The lowest BCUT2D eigenvalue weighted by atomic mass is 9.83. The number of nitrogens with one attached hydrogen (secondary N) is 1. The number of aromatic nitrogens is 4. The predicted molar refractivity (Wildman–Crippen MR) is 504 cm³/mol. The summed E-state index contributed by atoms with van der Waals surface area (Å²) in [5, 5.41) is 21.1. The SMILES string of the molecule is CC(C)(O)c1ccc(C(=O)N2CCC3(CC2)Oc2ccccc2-n2c(C(C)(F)F)ccc23)cc1.CC(C)NS(=O)(=O)c1ccc(C(=O)N2CCC3(CC2)Oc2ccccc2-n2c(C#N)ccc23)cc1.COC(=O)C(C)(C)c1ccc(C(=O)N2CCC3(CC2)Oc2cc(Cl)ccc2-n2cccc23)cc1OC.COc1cccc(C(=O)N2CCC3(CC2)Oc2cc(Cl)ccc2-n2cccc23)c1.[HH]. The number of methoxy groups -OCH3 is 3. The number of halogens is 4. The number of benzene rings is 8. The predicted octanol–water partition coefficient (Wildman–Crippen LogP) is 18.9. The minimum absolute atomic E-state index is 0. The van der Waals surface area contributed by atoms with Gasteiger partial charge in [-0.05, 0) is 211 Å². The molecule has 12 aromatic rings. The molecular formula is C104H106Cl2F2N10O15S. The van der Waals surface area contributed by atoms with Gasteiger partial charge in [0.25, 0.3) is 29.6 Å². The number of likely N-dealkylation sites (tertiary alicyclic amines) is 4. The zero-order chi connectivity index (χ0) is 94.8. The van der Waals surface area contributed by atoms with Crippen LogP contribution in [0.1, 0.15) is 188 Å². The van der Waals surface area contributed by atoms with Gasteiger partial charge in [0.05, 0.1) is 88.5 Å². The molecule has 8 aliphatic rings. The first-order valence-corrected chi connectivity index (χ1v) is 46.9. The molecule has 696 valence electrons. The number of esters is 1. The number of aliphatic hydroxyl groups is 1. The van der Waals surface area contributed by atoms with E-state index in [1.807, 2.05) is 136 Å². The molecule has 0 aliphatic carbocycles. The Balaban J connectivity index is 0.000000131. The summed E-state index contributed by atoms with van der Waals surface area (Å²) in [4.78, 5) is 72.4. The van der Waals surface area contributed by atoms with Gasteiger partial charge in [-0.2, -0.15) is 5.26 Å². The quantitative estimate of drug-likeness (QED) is 0.102. The first-order chi connectivity index (χ1) is 64.0. The zero-order valence-electron chi connectivity index (χ0n) is 76.0. The van der Waals surface area contributed by atoms with Gasteiger partial charge in [0, 0.05) is 181 Å². The normalized spacial score (nSPS) is 16.6. The number of ether oxygens (including phenoxy) is 7. The van der Waals surface area contributed by atoms with Gasteiger partial charge in [-0.1, -0.05) is 71.7 Å². The molecule has 4 spiro atoms. The third kappa shape index (κ3) is 17.5. The second kappa shape index (κ2) is 36.3. The third-order valence-electron chi connectivity index (χ3n) is 26.7. The molecule has 4 aromatic heterocycles. The minimum atomic E-state index is -3.62. The van der Waals surface area contributed by atoms with Crippen molar-refractivity contribution in [3.8, 4) is 63.3 Å². The Hall–Kier alpha value is -13.2. The Kier molecular flexibility index (Phi) is 25.1. The van der Waals surface area contributed by atoms with Gasteiger partial charge in [-0.25, -0.2) is 21.9 Å². The number of hydrogen-bond donors (Lipinski definition) is 2. The molecule has 8 aliphatic heterocycles. The van der Waals surface area contributed by atoms with Crippen LogP contribution in [-0.4, -0.2) is 161 Å². The molecule has 2 N–H and O–H groups in total. The van der Waals surface area contributed by atoms with Gasteiger partial charge in [0.2, 0.25) is 10.0 Å². The Bertz CT molecular complexity index is 6680. The van der Waals surface area contributed by atoms with Gasteiger partial charge in [-0.15, -0.1) is 0 Å². The fourth-order valence-electron chi connectivity index (χ4n) is 19.6. The number of carbonyl (C=O) groups excluding carboxylic acids is 5. The van der Waals surface area contributed by atoms with Gasteiger partial charge in [-0.3, -0.25) is 28.5 Å². The number of piperidine rings is 4. The molecule has 30 heteroatoms. The molecule has 20 rings (SSSR count). The number of fused-ring (bicyclic) bond motifs is 16. The van der Waals surface area contributed by atoms with E-state index in [4.69, 9.17) is 56.4 Å². The Labute approximate surface area is 788 Å². The first-order valence-electron chi connectivity index (χ1n) is 44.7. The van der Waals surface area contributed by atoms with Crippen LogP contribution in [0.15, 0.2) is 242 Å². The summed E-state index contributed by atoms with van der Waals surface area (Å²) in [6.07, 6.45) is 8.98. The summed E-state index contributed by atoms with van der Waals surface area (Å²) in [6, 6.07) is 69.1. The van der Waals surface area contributed by atoms with Crippen LogP contribution in [0.2, 0.25) is 10.0 Å². The summed E-state index contributed by atoms with van der Waals surface area (Å²) in [7, 11) is 0.881. The molecule has 0 bridgehead atoms. The fourth-order valence-corrected chi connectivity index (χ4v) is 21.2. The summed E-state index contributed by atoms with van der Waals surface area (Å²) in [6.45, 7) is 15.5. The number of carbonyl (C=O) groups is 5. The monoisotopic (exact) mass is 1870 g/mol. The summed E-state index contributed by atoms with van der Waals surface area (Å²) in [5.74, 6) is 0.309. The lowest BCUT2D eigenvalue weighted by Gasteiger charge is -2.45. The highest BCUT2D eigenvalue weighted by atomic mass is 35.5. The Morgan fingerprint density at radius 3 is 1.34 bits per heavy atom. The Morgan fingerprint density at radius 1 is 0.470 bits per heavy atom. The van der Waals surface area contributed by atoms with E-state index in [-0.39, 0.29) is 47.7 Å². The Morgan fingerprint density at radius 2 is 0.896 bits per heavy atom. The molecule has 4 saturated heterocycles. The maximum absolute atomic E-state index is 14.5. The van der Waals surface area contributed by atoms with Crippen molar-refractivity contribution in [2.75, 3.05) is 73.7 Å². The van der Waals surface area contributed by atoms with Crippen molar-refractivity contribution in [2.45, 2.75) is 150 Å². The van der Waals surface area contributed by atoms with Crippen LogP contribution >= 0.6 is 23.2 Å². The highest BCUT2D eigenvalue weighted by Gasteiger charge is 2.51. The largest absolute Gasteiger partial charge is 0.497 e. The van der Waals surface area contributed by atoms with Gasteiger partial charge < -0.3 is 71.6 Å². The van der Waals surface area contributed by atoms with E-state index in [2.05, 4.69) is 38.3 Å². The molecule has 8 aromatic carbocycles. The van der Waals surface area contributed by atoms with Crippen molar-refractivity contribution in [3.63, 3.8) is 0 Å². The zero-order valence-corrected chi connectivity index (χ0v) is 78.3. The highest BCUT2D eigenvalue weighted by Crippen LogP contribution is 2.53. The van der Waals surface area contributed by atoms with E-state index in [1.165, 1.54) is 32.4 Å². The number of nitriles is 1. The van der Waals surface area contributed by atoms with Crippen molar-refractivity contribution in [1.29, 1.82) is 5.26 Å². The van der Waals surface area contributed by atoms with Crippen LogP contribution < -0.4 is 33.1 Å². The number of rotatable bonds is 13. The fraction of sp³-hybridized carbons (Fsp3) is 0.327. The average Bonchev–Trinajstić information content (AvgIpc) is 1.63. The number of para-hydroxylation sites is 4. The van der Waals surface area contributed by atoms with E-state index in [1.54, 1.807) is 142 Å². The maximum Gasteiger partial charge on any atom is 0.315 e. The lowest BCUT2D eigenvalue weighted by molar-refractivity contribution is -0.146. The van der Waals surface area contributed by atoms with Crippen molar-refractivity contribution in [3.05, 3.63) is 314 Å². The number of nitrogens with zero attached hydrogens (tertiary/aromatic N) is 9. The van der Waals surface area contributed by atoms with E-state index >= 15 is 0 Å². The molecule has 0 radical (unpaired) electrons. The van der Waals surface area contributed by atoms with E-state index in [0.29, 0.717) is 163 Å². The number of sulfonamides is 1. The molecule has 4 fully saturated rings. The van der Waals surface area contributed by atoms with E-state index in [9.17, 15) is 51.5 Å². The van der Waals surface area contributed by atoms with Crippen molar-refractivity contribution in [1.82, 2.24) is 42.6 Å². The van der Waals surface area contributed by atoms with Crippen LogP contribution in [0.3, 0.4) is 0 Å². The third-order valence-corrected chi connectivity index (χ3v) is 28.8. The summed E-state index contributed by atoms with van der Waals surface area (Å²) in [5.41, 5.74) is 7.01. The van der Waals surface area contributed by atoms with Crippen LogP contribution in [0, 0.1) is 11.3 Å². The van der Waals surface area contributed by atoms with Gasteiger partial charge in [0.1, 0.15) is 46.3 Å². The number of alkyl halides is 2. The molecule has 4 amide bonds. The maximum atomic E-state index is 14.5. The molecule has 0 saturated carbocycles. The average molecular weight is 1880 g/mol. The molecular weight excluding hydrogens is 1770 g/mol. The molecule has 12 heterocycles. The standard InChI is InChI=1S/C28H29ClN2O5.C27H28F2N2O3.C26H26N4O4S.C23H21ClN2O3.H2/c1-27(2,26(33)35-4)20-9-7-18(16-22(20)34-3)25(32)30-14-11-28(12-15-30)24-6-5-13-31(24)21-10-8-19(29)17-23(21)36-28;1-25(2,33)19-10-8-18(9-11-19)24(32)30-16-14-27(15-17-30)23-13-12-22(26(3,28)29)31(23)20-6-4-5-7-21(20)34-27;1-18(2)28-35(32,33)21-10-7-19(8-11-21)25(31)29-15-13-26(14-16-29)24-12-9-20(17-27)30(24)22-5-3-4-6-23(22)34-26;1-28-18-5-2-4-16(14-18)22(27)25-12-9-23(10-13-25)21-6-3-11-26(21)19-8-7-17(24)15-20(19)29-23;/h5-10,13,16-17H,11-12,14-15H2,1-4H3;4-13,33H,14-17H2,1-3H3;3-12,18,28H,13-16H2,1-2H3;2-8,11,14-15H,9-10,12-13H2,1H3;1H. The summed E-state index contributed by atoms with van der Waals surface area (Å²) >= 11 is 12.5. The lowest BCUT2D eigenvalue weighted by Crippen LogP contribution is -2.50. The highest BCUT2D eigenvalue weighted by molar-refractivity contribution is 7.89. The number of amides is 4. The molecule has 0 unspecified atom stereocenters. The molecule has 0 atom stereocenters. The summed E-state index contributed by atoms with van der Waals surface area (Å²) < 4.78 is 106.